The number of nitrogens with zero attached hydrogens (tertiary/aromatic N) is 1. The number of amides is 1. The lowest BCUT2D eigenvalue weighted by Gasteiger charge is -2.25. The highest BCUT2D eigenvalue weighted by Crippen LogP contribution is 2.20. The minimum Gasteiger partial charge on any atom is -0.500 e. The second kappa shape index (κ2) is 7.72. The molecule has 0 fully saturated rings. The Kier molecular flexibility index (Phi) is 7.06. The van der Waals surface area contributed by atoms with Crippen molar-refractivity contribution in [3.05, 3.63) is 11.8 Å². The van der Waals surface area contributed by atoms with E-state index in [1.807, 2.05) is 20.8 Å². The van der Waals surface area contributed by atoms with E-state index in [1.54, 1.807) is 13.0 Å². The fourth-order valence-electron chi connectivity index (χ4n) is 1.46. The predicted octanol–water partition coefficient (Wildman–Crippen LogP) is 1.34. The number of aliphatic hydroxyl groups excluding tert-OH is 1. The molecule has 2 N–H and O–H groups in total. The molecule has 0 aromatic rings. The molecule has 5 nitrogen and oxygen atoms in total. The number of ether oxygens (including phenoxy) is 1. The van der Waals surface area contributed by atoms with Gasteiger partial charge in [-0.05, 0) is 18.8 Å². The van der Waals surface area contributed by atoms with E-state index in [0.717, 1.165) is 6.26 Å². The number of rotatable bonds is 6. The first-order valence-electron chi connectivity index (χ1n) is 5.97. The molecule has 0 aromatic heterocycles. The molecule has 5 heteroatoms. The van der Waals surface area contributed by atoms with Crippen molar-refractivity contribution >= 4 is 5.91 Å². The summed E-state index contributed by atoms with van der Waals surface area (Å²) in [6, 6.07) is 1.41. The minimum atomic E-state index is -0.519. The van der Waals surface area contributed by atoms with E-state index in [9.17, 15) is 9.90 Å². The second-order valence-electron chi connectivity index (χ2n) is 5.22. The SMILES string of the molecule is CCO/C=C(/C#N)C(=O)NC(CO)CC(C)(C)C. The van der Waals surface area contributed by atoms with E-state index in [2.05, 4.69) is 5.32 Å². The molecule has 0 radical (unpaired) electrons. The topological polar surface area (TPSA) is 82.3 Å². The third-order valence-corrected chi connectivity index (χ3v) is 2.15. The molecule has 0 bridgehead atoms. The number of carbonyl (C=O) groups excluding carboxylic acids is 1. The second-order valence-corrected chi connectivity index (χ2v) is 5.22. The Morgan fingerprint density at radius 3 is 2.56 bits per heavy atom. The van der Waals surface area contributed by atoms with Gasteiger partial charge in [-0.1, -0.05) is 20.8 Å². The Balaban J connectivity index is 4.56. The summed E-state index contributed by atoms with van der Waals surface area (Å²) in [4.78, 5) is 11.7. The van der Waals surface area contributed by atoms with Gasteiger partial charge in [-0.2, -0.15) is 5.26 Å². The number of carbonyl (C=O) groups is 1. The zero-order valence-corrected chi connectivity index (χ0v) is 11.5. The molecule has 1 unspecified atom stereocenters. The van der Waals surface area contributed by atoms with Crippen molar-refractivity contribution in [1.29, 1.82) is 5.26 Å². The minimum absolute atomic E-state index is 0.0167. The maximum absolute atomic E-state index is 11.7. The van der Waals surface area contributed by atoms with Crippen LogP contribution in [0.4, 0.5) is 0 Å². The molecule has 1 amide bonds. The maximum Gasteiger partial charge on any atom is 0.265 e. The van der Waals surface area contributed by atoms with Crippen molar-refractivity contribution < 1.29 is 14.6 Å². The monoisotopic (exact) mass is 254 g/mol. The molecule has 0 aromatic carbocycles. The summed E-state index contributed by atoms with van der Waals surface area (Å²) >= 11 is 0. The van der Waals surface area contributed by atoms with E-state index in [1.165, 1.54) is 0 Å². The summed E-state index contributed by atoms with van der Waals surface area (Å²) in [6.07, 6.45) is 1.77. The van der Waals surface area contributed by atoms with Crippen LogP contribution in [0.25, 0.3) is 0 Å². The van der Waals surface area contributed by atoms with Crippen LogP contribution in [0.1, 0.15) is 34.1 Å². The van der Waals surface area contributed by atoms with Crippen LogP contribution >= 0.6 is 0 Å². The number of aliphatic hydroxyl groups is 1. The van der Waals surface area contributed by atoms with Gasteiger partial charge < -0.3 is 15.2 Å². The van der Waals surface area contributed by atoms with Gasteiger partial charge in [0.15, 0.2) is 5.57 Å². The molecule has 0 aliphatic carbocycles. The fourth-order valence-corrected chi connectivity index (χ4v) is 1.46. The van der Waals surface area contributed by atoms with Crippen molar-refractivity contribution in [2.45, 2.75) is 40.2 Å². The first-order chi connectivity index (χ1) is 8.34. The lowest BCUT2D eigenvalue weighted by atomic mass is 9.88. The molecular weight excluding hydrogens is 232 g/mol. The van der Waals surface area contributed by atoms with Crippen molar-refractivity contribution in [2.24, 2.45) is 5.41 Å². The molecule has 0 spiro atoms. The van der Waals surface area contributed by atoms with Gasteiger partial charge in [0, 0.05) is 0 Å². The maximum atomic E-state index is 11.7. The van der Waals surface area contributed by atoms with Crippen LogP contribution in [0.3, 0.4) is 0 Å². The van der Waals surface area contributed by atoms with Crippen LogP contribution < -0.4 is 5.32 Å². The molecule has 1 atom stereocenters. The third-order valence-electron chi connectivity index (χ3n) is 2.15. The first kappa shape index (κ1) is 16.5. The quantitative estimate of drug-likeness (QED) is 0.426. The van der Waals surface area contributed by atoms with Gasteiger partial charge in [-0.25, -0.2) is 0 Å². The van der Waals surface area contributed by atoms with E-state index >= 15 is 0 Å². The predicted molar refractivity (Wildman–Crippen MR) is 68.4 cm³/mol. The van der Waals surface area contributed by atoms with E-state index < -0.39 is 5.91 Å². The van der Waals surface area contributed by atoms with Gasteiger partial charge in [-0.3, -0.25) is 4.79 Å². The molecule has 0 saturated heterocycles. The molecule has 18 heavy (non-hydrogen) atoms. The Morgan fingerprint density at radius 1 is 1.56 bits per heavy atom. The van der Waals surface area contributed by atoms with Gasteiger partial charge in [0.2, 0.25) is 0 Å². The normalized spacial score (nSPS) is 13.7. The highest BCUT2D eigenvalue weighted by molar-refractivity contribution is 5.97. The summed E-state index contributed by atoms with van der Waals surface area (Å²) in [5.74, 6) is -0.519. The summed E-state index contributed by atoms with van der Waals surface area (Å²) < 4.78 is 4.92. The van der Waals surface area contributed by atoms with Gasteiger partial charge in [0.1, 0.15) is 12.3 Å². The van der Waals surface area contributed by atoms with Crippen LogP contribution in [0.2, 0.25) is 0 Å². The van der Waals surface area contributed by atoms with Crippen LogP contribution in [0.5, 0.6) is 0 Å². The molecule has 0 rings (SSSR count). The van der Waals surface area contributed by atoms with Crippen LogP contribution in [0.15, 0.2) is 11.8 Å². The summed E-state index contributed by atoms with van der Waals surface area (Å²) in [5, 5.41) is 20.7. The van der Waals surface area contributed by atoms with Crippen molar-refractivity contribution in [3.63, 3.8) is 0 Å². The molecule has 0 saturated carbocycles. The smallest absolute Gasteiger partial charge is 0.265 e. The molecule has 102 valence electrons. The van der Waals surface area contributed by atoms with E-state index in [4.69, 9.17) is 10.00 Å². The lowest BCUT2D eigenvalue weighted by Crippen LogP contribution is -2.40. The van der Waals surface area contributed by atoms with Crippen LogP contribution in [0, 0.1) is 16.7 Å². The number of hydrogen-bond donors (Lipinski definition) is 2. The number of hydrogen-bond acceptors (Lipinski definition) is 4. The largest absolute Gasteiger partial charge is 0.500 e. The summed E-state index contributed by atoms with van der Waals surface area (Å²) in [5.41, 5.74) is -0.110. The highest BCUT2D eigenvalue weighted by Gasteiger charge is 2.21. The van der Waals surface area contributed by atoms with Crippen molar-refractivity contribution in [2.75, 3.05) is 13.2 Å². The summed E-state index contributed by atoms with van der Waals surface area (Å²) in [7, 11) is 0. The highest BCUT2D eigenvalue weighted by atomic mass is 16.5. The zero-order chi connectivity index (χ0) is 14.2. The Bertz CT molecular complexity index is 337. The third kappa shape index (κ3) is 6.92. The van der Waals surface area contributed by atoms with E-state index in [-0.39, 0.29) is 23.6 Å². The first-order valence-corrected chi connectivity index (χ1v) is 5.97. The Labute approximate surface area is 108 Å². The van der Waals surface area contributed by atoms with Gasteiger partial charge in [-0.15, -0.1) is 0 Å². The summed E-state index contributed by atoms with van der Waals surface area (Å²) in [6.45, 7) is 8.05. The Morgan fingerprint density at radius 2 is 2.17 bits per heavy atom. The standard InChI is InChI=1S/C13H22N2O3/c1-5-18-9-10(7-14)12(17)15-11(8-16)6-13(2,3)4/h9,11,16H,5-6,8H2,1-4H3,(H,15,17)/b10-9-. The Hall–Kier alpha value is -1.54. The fraction of sp³-hybridized carbons (Fsp3) is 0.692. The number of nitriles is 1. The lowest BCUT2D eigenvalue weighted by molar-refractivity contribution is -0.118. The van der Waals surface area contributed by atoms with Crippen LogP contribution in [-0.4, -0.2) is 30.3 Å². The molecular formula is C13H22N2O3. The van der Waals surface area contributed by atoms with Gasteiger partial charge in [0.25, 0.3) is 5.91 Å². The van der Waals surface area contributed by atoms with E-state index in [0.29, 0.717) is 13.0 Å². The van der Waals surface area contributed by atoms with Crippen molar-refractivity contribution in [3.8, 4) is 6.07 Å². The average Bonchev–Trinajstić information content (AvgIpc) is 2.27. The number of nitrogens with one attached hydrogen (secondary N) is 1. The molecule has 0 aliphatic rings. The molecule has 0 aliphatic heterocycles. The van der Waals surface area contributed by atoms with Crippen molar-refractivity contribution in [1.82, 2.24) is 5.32 Å². The van der Waals surface area contributed by atoms with Crippen LogP contribution in [-0.2, 0) is 9.53 Å². The van der Waals surface area contributed by atoms with Gasteiger partial charge in [0.05, 0.1) is 19.3 Å². The average molecular weight is 254 g/mol. The molecule has 0 heterocycles. The van der Waals surface area contributed by atoms with Gasteiger partial charge >= 0.3 is 0 Å². The zero-order valence-electron chi connectivity index (χ0n) is 11.5.